The molecule has 1 aliphatic carbocycles. The molecule has 2 atom stereocenters. The Morgan fingerprint density at radius 3 is 2.31 bits per heavy atom. The standard InChI is InChI=1S/C13H27N3/c1-15(2)12-6-8-16(9-7-12)13-5-3-4-11(14)10-13/h11-13H,3-10,14H2,1-2H3/t11-,13-/m0/s1. The van der Waals surface area contributed by atoms with E-state index in [0.29, 0.717) is 6.04 Å². The average molecular weight is 225 g/mol. The van der Waals surface area contributed by atoms with E-state index >= 15 is 0 Å². The first-order valence-electron chi connectivity index (χ1n) is 6.83. The van der Waals surface area contributed by atoms with E-state index in [1.54, 1.807) is 0 Å². The normalized spacial score (nSPS) is 34.5. The van der Waals surface area contributed by atoms with Crippen LogP contribution in [0.4, 0.5) is 0 Å². The summed E-state index contributed by atoms with van der Waals surface area (Å²) in [6.07, 6.45) is 7.84. The van der Waals surface area contributed by atoms with E-state index in [4.69, 9.17) is 5.73 Å². The van der Waals surface area contributed by atoms with Crippen LogP contribution in [0.5, 0.6) is 0 Å². The zero-order chi connectivity index (χ0) is 11.5. The van der Waals surface area contributed by atoms with E-state index in [-0.39, 0.29) is 0 Å². The first-order valence-corrected chi connectivity index (χ1v) is 6.83. The molecule has 1 heterocycles. The molecule has 0 amide bonds. The lowest BCUT2D eigenvalue weighted by atomic mass is 9.89. The quantitative estimate of drug-likeness (QED) is 0.768. The van der Waals surface area contributed by atoms with Crippen molar-refractivity contribution in [3.63, 3.8) is 0 Å². The molecular weight excluding hydrogens is 198 g/mol. The molecule has 0 bridgehead atoms. The van der Waals surface area contributed by atoms with Gasteiger partial charge in [-0.3, -0.25) is 0 Å². The van der Waals surface area contributed by atoms with E-state index in [2.05, 4.69) is 23.9 Å². The van der Waals surface area contributed by atoms with Gasteiger partial charge in [0.15, 0.2) is 0 Å². The Morgan fingerprint density at radius 2 is 1.75 bits per heavy atom. The second-order valence-electron chi connectivity index (χ2n) is 5.81. The highest BCUT2D eigenvalue weighted by molar-refractivity contribution is 4.86. The summed E-state index contributed by atoms with van der Waals surface area (Å²) in [5, 5.41) is 0. The van der Waals surface area contributed by atoms with Crippen LogP contribution in [0, 0.1) is 0 Å². The molecule has 1 saturated carbocycles. The Morgan fingerprint density at radius 1 is 1.06 bits per heavy atom. The summed E-state index contributed by atoms with van der Waals surface area (Å²) >= 11 is 0. The molecular formula is C13H27N3. The van der Waals surface area contributed by atoms with Crippen LogP contribution in [0.15, 0.2) is 0 Å². The van der Waals surface area contributed by atoms with Crippen molar-refractivity contribution >= 4 is 0 Å². The van der Waals surface area contributed by atoms with Crippen LogP contribution in [-0.4, -0.2) is 55.1 Å². The molecule has 0 spiro atoms. The molecule has 0 radical (unpaired) electrons. The topological polar surface area (TPSA) is 32.5 Å². The minimum absolute atomic E-state index is 0.463. The third-order valence-corrected chi connectivity index (χ3v) is 4.43. The Labute approximate surface area is 100.0 Å². The highest BCUT2D eigenvalue weighted by Crippen LogP contribution is 2.25. The summed E-state index contributed by atoms with van der Waals surface area (Å²) in [7, 11) is 4.41. The van der Waals surface area contributed by atoms with Gasteiger partial charge < -0.3 is 15.5 Å². The SMILES string of the molecule is CN(C)C1CCN([C@H]2CCC[C@H](N)C2)CC1. The largest absolute Gasteiger partial charge is 0.328 e. The predicted octanol–water partition coefficient (Wildman–Crippen LogP) is 1.28. The molecule has 0 aromatic rings. The summed E-state index contributed by atoms with van der Waals surface area (Å²) < 4.78 is 0. The van der Waals surface area contributed by atoms with E-state index in [9.17, 15) is 0 Å². The number of rotatable bonds is 2. The van der Waals surface area contributed by atoms with Crippen molar-refractivity contribution in [2.75, 3.05) is 27.2 Å². The van der Waals surface area contributed by atoms with Crippen molar-refractivity contribution in [3.05, 3.63) is 0 Å². The lowest BCUT2D eigenvalue weighted by Gasteiger charge is -2.42. The molecule has 3 heteroatoms. The molecule has 2 fully saturated rings. The van der Waals surface area contributed by atoms with Gasteiger partial charge in [0.25, 0.3) is 0 Å². The van der Waals surface area contributed by atoms with Crippen LogP contribution < -0.4 is 5.73 Å². The highest BCUT2D eigenvalue weighted by Gasteiger charge is 2.28. The first kappa shape index (κ1) is 12.3. The lowest BCUT2D eigenvalue weighted by Crippen LogP contribution is -2.49. The predicted molar refractivity (Wildman–Crippen MR) is 68.5 cm³/mol. The van der Waals surface area contributed by atoms with Gasteiger partial charge in [0.05, 0.1) is 0 Å². The van der Waals surface area contributed by atoms with Crippen molar-refractivity contribution in [2.24, 2.45) is 5.73 Å². The minimum Gasteiger partial charge on any atom is -0.328 e. The molecule has 0 aromatic heterocycles. The number of nitrogens with two attached hydrogens (primary N) is 1. The van der Waals surface area contributed by atoms with Gasteiger partial charge in [0.1, 0.15) is 0 Å². The molecule has 2 aliphatic rings. The van der Waals surface area contributed by atoms with Gasteiger partial charge in [-0.05, 0) is 59.3 Å². The fourth-order valence-corrected chi connectivity index (χ4v) is 3.30. The summed E-state index contributed by atoms with van der Waals surface area (Å²) in [5.41, 5.74) is 6.07. The van der Waals surface area contributed by atoms with Gasteiger partial charge in [-0.1, -0.05) is 6.42 Å². The summed E-state index contributed by atoms with van der Waals surface area (Å²) in [6.45, 7) is 2.56. The highest BCUT2D eigenvalue weighted by atomic mass is 15.2. The second kappa shape index (κ2) is 5.48. The molecule has 2 rings (SSSR count). The van der Waals surface area contributed by atoms with E-state index in [1.807, 2.05) is 0 Å². The van der Waals surface area contributed by atoms with Crippen molar-refractivity contribution in [2.45, 2.75) is 56.7 Å². The van der Waals surface area contributed by atoms with Gasteiger partial charge in [0.2, 0.25) is 0 Å². The Balaban J connectivity index is 1.79. The Hall–Kier alpha value is -0.120. The van der Waals surface area contributed by atoms with Gasteiger partial charge in [-0.15, -0.1) is 0 Å². The summed E-state index contributed by atoms with van der Waals surface area (Å²) in [5.74, 6) is 0. The van der Waals surface area contributed by atoms with E-state index in [0.717, 1.165) is 12.1 Å². The number of likely N-dealkylation sites (tertiary alicyclic amines) is 1. The maximum atomic E-state index is 6.07. The molecule has 3 nitrogen and oxygen atoms in total. The molecule has 16 heavy (non-hydrogen) atoms. The third kappa shape index (κ3) is 2.96. The van der Waals surface area contributed by atoms with Crippen molar-refractivity contribution in [1.82, 2.24) is 9.80 Å². The molecule has 2 N–H and O–H groups in total. The van der Waals surface area contributed by atoms with Crippen molar-refractivity contribution in [3.8, 4) is 0 Å². The smallest absolute Gasteiger partial charge is 0.0113 e. The van der Waals surface area contributed by atoms with Crippen LogP contribution in [-0.2, 0) is 0 Å². The summed E-state index contributed by atoms with van der Waals surface area (Å²) in [6, 6.07) is 2.05. The molecule has 94 valence electrons. The maximum Gasteiger partial charge on any atom is 0.0113 e. The Bertz CT molecular complexity index is 209. The van der Waals surface area contributed by atoms with Crippen LogP contribution in [0.25, 0.3) is 0 Å². The number of hydrogen-bond donors (Lipinski definition) is 1. The molecule has 1 saturated heterocycles. The van der Waals surface area contributed by atoms with Gasteiger partial charge in [0, 0.05) is 18.1 Å². The van der Waals surface area contributed by atoms with E-state index < -0.39 is 0 Å². The monoisotopic (exact) mass is 225 g/mol. The van der Waals surface area contributed by atoms with Crippen LogP contribution in [0.2, 0.25) is 0 Å². The fraction of sp³-hybridized carbons (Fsp3) is 1.00. The average Bonchev–Trinajstić information content (AvgIpc) is 2.29. The first-order chi connectivity index (χ1) is 7.66. The number of piperidine rings is 1. The number of hydrogen-bond acceptors (Lipinski definition) is 3. The number of nitrogens with zero attached hydrogens (tertiary/aromatic N) is 2. The van der Waals surface area contributed by atoms with Crippen molar-refractivity contribution in [1.29, 1.82) is 0 Å². The van der Waals surface area contributed by atoms with Crippen LogP contribution in [0.3, 0.4) is 0 Å². The van der Waals surface area contributed by atoms with Crippen LogP contribution >= 0.6 is 0 Å². The van der Waals surface area contributed by atoms with Crippen molar-refractivity contribution < 1.29 is 0 Å². The summed E-state index contributed by atoms with van der Waals surface area (Å²) in [4.78, 5) is 5.07. The van der Waals surface area contributed by atoms with E-state index in [1.165, 1.54) is 51.6 Å². The lowest BCUT2D eigenvalue weighted by molar-refractivity contribution is 0.0856. The molecule has 0 unspecified atom stereocenters. The van der Waals surface area contributed by atoms with Gasteiger partial charge in [-0.25, -0.2) is 0 Å². The Kier molecular flexibility index (Phi) is 4.22. The van der Waals surface area contributed by atoms with Gasteiger partial charge >= 0.3 is 0 Å². The third-order valence-electron chi connectivity index (χ3n) is 4.43. The van der Waals surface area contributed by atoms with Gasteiger partial charge in [-0.2, -0.15) is 0 Å². The minimum atomic E-state index is 0.463. The second-order valence-corrected chi connectivity index (χ2v) is 5.81. The van der Waals surface area contributed by atoms with Crippen LogP contribution in [0.1, 0.15) is 38.5 Å². The molecule has 1 aliphatic heterocycles. The maximum absolute atomic E-state index is 6.07. The zero-order valence-corrected chi connectivity index (χ0v) is 10.9. The fourth-order valence-electron chi connectivity index (χ4n) is 3.30. The molecule has 0 aromatic carbocycles. The zero-order valence-electron chi connectivity index (χ0n) is 10.9.